The summed E-state index contributed by atoms with van der Waals surface area (Å²) >= 11 is 1.70. The Kier molecular flexibility index (Phi) is 3.38. The zero-order chi connectivity index (χ0) is 13.1. The number of hydrogen-bond donors (Lipinski definition) is 0. The quantitative estimate of drug-likeness (QED) is 0.722. The highest BCUT2D eigenvalue weighted by Crippen LogP contribution is 2.26. The number of thiophene rings is 1. The minimum Gasteiger partial charge on any atom is -0.299 e. The van der Waals surface area contributed by atoms with Crippen LogP contribution in [0, 0.1) is 0 Å². The van der Waals surface area contributed by atoms with Gasteiger partial charge in [0, 0.05) is 29.9 Å². The summed E-state index contributed by atoms with van der Waals surface area (Å²) in [5.74, 6) is 0.233. The number of pyridine rings is 1. The Bertz CT molecular complexity index is 703. The standard InChI is InChI=1S/C16H13NOS/c18-14(8-12-4-3-7-17-10-12)9-13-11-19-16-6-2-1-5-15(13)16/h1-7,10-11H,8-9H2. The SMILES string of the molecule is O=C(Cc1cccnc1)Cc1csc2ccccc12. The molecule has 0 aliphatic heterocycles. The highest BCUT2D eigenvalue weighted by atomic mass is 32.1. The van der Waals surface area contributed by atoms with E-state index in [1.54, 1.807) is 23.7 Å². The van der Waals surface area contributed by atoms with Gasteiger partial charge in [-0.1, -0.05) is 24.3 Å². The molecule has 0 atom stereocenters. The lowest BCUT2D eigenvalue weighted by molar-refractivity contribution is -0.117. The molecule has 0 bridgehead atoms. The van der Waals surface area contributed by atoms with Crippen molar-refractivity contribution in [2.75, 3.05) is 0 Å². The van der Waals surface area contributed by atoms with Crippen molar-refractivity contribution in [2.24, 2.45) is 0 Å². The average Bonchev–Trinajstić information content (AvgIpc) is 2.83. The van der Waals surface area contributed by atoms with Gasteiger partial charge in [-0.2, -0.15) is 0 Å². The van der Waals surface area contributed by atoms with E-state index in [1.807, 2.05) is 24.3 Å². The van der Waals surface area contributed by atoms with E-state index >= 15 is 0 Å². The number of nitrogens with zero attached hydrogens (tertiary/aromatic N) is 1. The topological polar surface area (TPSA) is 30.0 Å². The second kappa shape index (κ2) is 5.33. The predicted molar refractivity (Wildman–Crippen MR) is 78.5 cm³/mol. The van der Waals surface area contributed by atoms with Crippen LogP contribution in [0.2, 0.25) is 0 Å². The third kappa shape index (κ3) is 2.71. The zero-order valence-corrected chi connectivity index (χ0v) is 11.2. The van der Waals surface area contributed by atoms with Gasteiger partial charge in [-0.3, -0.25) is 9.78 Å². The molecule has 0 amide bonds. The van der Waals surface area contributed by atoms with Crippen LogP contribution in [-0.4, -0.2) is 10.8 Å². The maximum absolute atomic E-state index is 12.1. The van der Waals surface area contributed by atoms with Gasteiger partial charge in [0.25, 0.3) is 0 Å². The number of ketones is 1. The van der Waals surface area contributed by atoms with Crippen LogP contribution < -0.4 is 0 Å². The van der Waals surface area contributed by atoms with Crippen LogP contribution in [0.1, 0.15) is 11.1 Å². The molecule has 0 unspecified atom stereocenters. The fraction of sp³-hybridized carbons (Fsp3) is 0.125. The molecular formula is C16H13NOS. The van der Waals surface area contributed by atoms with Crippen LogP contribution >= 0.6 is 11.3 Å². The van der Waals surface area contributed by atoms with E-state index in [9.17, 15) is 4.79 Å². The highest BCUT2D eigenvalue weighted by molar-refractivity contribution is 7.17. The lowest BCUT2D eigenvalue weighted by Gasteiger charge is -2.00. The third-order valence-electron chi connectivity index (χ3n) is 3.07. The highest BCUT2D eigenvalue weighted by Gasteiger charge is 2.09. The summed E-state index contributed by atoms with van der Waals surface area (Å²) in [6, 6.07) is 12.0. The molecule has 0 saturated heterocycles. The summed E-state index contributed by atoms with van der Waals surface area (Å²) < 4.78 is 1.24. The molecule has 3 aromatic rings. The van der Waals surface area contributed by atoms with Crippen LogP contribution in [0.4, 0.5) is 0 Å². The Morgan fingerprint density at radius 2 is 2.00 bits per heavy atom. The lowest BCUT2D eigenvalue weighted by atomic mass is 10.0. The number of hydrogen-bond acceptors (Lipinski definition) is 3. The van der Waals surface area contributed by atoms with Gasteiger partial charge in [-0.15, -0.1) is 11.3 Å². The number of carbonyl (C=O) groups is 1. The van der Waals surface area contributed by atoms with Crippen molar-refractivity contribution in [2.45, 2.75) is 12.8 Å². The number of aromatic nitrogens is 1. The van der Waals surface area contributed by atoms with Crippen LogP contribution in [0.3, 0.4) is 0 Å². The average molecular weight is 267 g/mol. The lowest BCUT2D eigenvalue weighted by Crippen LogP contribution is -2.06. The molecule has 3 heteroatoms. The van der Waals surface area contributed by atoms with E-state index in [4.69, 9.17) is 0 Å². The number of carbonyl (C=O) groups excluding carboxylic acids is 1. The minimum atomic E-state index is 0.233. The molecule has 1 aromatic carbocycles. The monoisotopic (exact) mass is 267 g/mol. The largest absolute Gasteiger partial charge is 0.299 e. The molecular weight excluding hydrogens is 254 g/mol. The summed E-state index contributed by atoms with van der Waals surface area (Å²) in [5, 5.41) is 3.29. The molecule has 0 fully saturated rings. The molecule has 2 heterocycles. The van der Waals surface area contributed by atoms with Crippen molar-refractivity contribution in [1.82, 2.24) is 4.98 Å². The second-order valence-corrected chi connectivity index (χ2v) is 5.42. The van der Waals surface area contributed by atoms with Crippen LogP contribution in [0.5, 0.6) is 0 Å². The Balaban J connectivity index is 1.76. The van der Waals surface area contributed by atoms with Gasteiger partial charge in [0.2, 0.25) is 0 Å². The first kappa shape index (κ1) is 12.1. The number of benzene rings is 1. The molecule has 0 aliphatic rings. The second-order valence-electron chi connectivity index (χ2n) is 4.51. The number of rotatable bonds is 4. The first-order valence-electron chi connectivity index (χ1n) is 6.18. The molecule has 0 spiro atoms. The Morgan fingerprint density at radius 1 is 1.11 bits per heavy atom. The minimum absolute atomic E-state index is 0.233. The summed E-state index contributed by atoms with van der Waals surface area (Å²) in [7, 11) is 0. The summed E-state index contributed by atoms with van der Waals surface area (Å²) in [5.41, 5.74) is 2.11. The zero-order valence-electron chi connectivity index (χ0n) is 10.4. The van der Waals surface area contributed by atoms with Gasteiger partial charge < -0.3 is 0 Å². The summed E-state index contributed by atoms with van der Waals surface area (Å²) in [6.45, 7) is 0. The van der Waals surface area contributed by atoms with Crippen molar-refractivity contribution in [3.63, 3.8) is 0 Å². The fourth-order valence-corrected chi connectivity index (χ4v) is 3.14. The number of fused-ring (bicyclic) bond motifs is 1. The maximum Gasteiger partial charge on any atom is 0.141 e. The van der Waals surface area contributed by atoms with Crippen LogP contribution in [-0.2, 0) is 17.6 Å². The van der Waals surface area contributed by atoms with Crippen molar-refractivity contribution in [3.8, 4) is 0 Å². The molecule has 2 nitrogen and oxygen atoms in total. The maximum atomic E-state index is 12.1. The Labute approximate surface area is 115 Å². The van der Waals surface area contributed by atoms with Crippen molar-refractivity contribution in [1.29, 1.82) is 0 Å². The van der Waals surface area contributed by atoms with E-state index < -0.39 is 0 Å². The van der Waals surface area contributed by atoms with Gasteiger partial charge in [-0.25, -0.2) is 0 Å². The number of Topliss-reactive ketones (excluding diaryl/α,β-unsaturated/α-hetero) is 1. The van der Waals surface area contributed by atoms with Crippen LogP contribution in [0.15, 0.2) is 54.2 Å². The van der Waals surface area contributed by atoms with Gasteiger partial charge in [0.15, 0.2) is 0 Å². The third-order valence-corrected chi connectivity index (χ3v) is 4.09. The van der Waals surface area contributed by atoms with Crippen molar-refractivity contribution < 1.29 is 4.79 Å². The summed E-state index contributed by atoms with van der Waals surface area (Å²) in [4.78, 5) is 16.1. The van der Waals surface area contributed by atoms with Crippen LogP contribution in [0.25, 0.3) is 10.1 Å². The van der Waals surface area contributed by atoms with Crippen molar-refractivity contribution >= 4 is 27.2 Å². The van der Waals surface area contributed by atoms with E-state index in [2.05, 4.69) is 22.5 Å². The first-order valence-corrected chi connectivity index (χ1v) is 7.06. The van der Waals surface area contributed by atoms with Gasteiger partial charge >= 0.3 is 0 Å². The Hall–Kier alpha value is -2.00. The van der Waals surface area contributed by atoms with E-state index in [1.165, 1.54) is 10.1 Å². The van der Waals surface area contributed by atoms with E-state index in [0.29, 0.717) is 12.8 Å². The van der Waals surface area contributed by atoms with Gasteiger partial charge in [0.05, 0.1) is 0 Å². The molecule has 94 valence electrons. The van der Waals surface area contributed by atoms with Crippen molar-refractivity contribution in [3.05, 3.63) is 65.3 Å². The smallest absolute Gasteiger partial charge is 0.141 e. The predicted octanol–water partition coefficient (Wildman–Crippen LogP) is 3.65. The fourth-order valence-electron chi connectivity index (χ4n) is 2.17. The molecule has 2 aromatic heterocycles. The normalized spacial score (nSPS) is 10.7. The summed E-state index contributed by atoms with van der Waals surface area (Å²) in [6.07, 6.45) is 4.43. The molecule has 0 radical (unpaired) electrons. The van der Waals surface area contributed by atoms with Gasteiger partial charge in [-0.05, 0) is 34.0 Å². The molecule has 0 aliphatic carbocycles. The molecule has 0 N–H and O–H groups in total. The van der Waals surface area contributed by atoms with Gasteiger partial charge in [0.1, 0.15) is 5.78 Å². The Morgan fingerprint density at radius 3 is 2.84 bits per heavy atom. The van der Waals surface area contributed by atoms with E-state index in [-0.39, 0.29) is 5.78 Å². The van der Waals surface area contributed by atoms with E-state index in [0.717, 1.165) is 11.1 Å². The first-order chi connectivity index (χ1) is 9.33. The molecule has 3 rings (SSSR count). The molecule has 19 heavy (non-hydrogen) atoms. The molecule has 0 saturated carbocycles.